The molecule has 5 nitrogen and oxygen atoms in total. The van der Waals surface area contributed by atoms with Crippen molar-refractivity contribution >= 4 is 22.8 Å². The van der Waals surface area contributed by atoms with Crippen molar-refractivity contribution in [1.82, 2.24) is 5.32 Å². The fourth-order valence-corrected chi connectivity index (χ4v) is 3.36. The van der Waals surface area contributed by atoms with Crippen LogP contribution in [0.4, 0.5) is 0 Å². The molecule has 1 heterocycles. The van der Waals surface area contributed by atoms with Crippen LogP contribution in [0.3, 0.4) is 0 Å². The number of aryl methyl sites for hydroxylation is 2. The van der Waals surface area contributed by atoms with E-state index in [9.17, 15) is 9.59 Å². The molecular formula is C24H27NO4. The quantitative estimate of drug-likeness (QED) is 0.559. The first kappa shape index (κ1) is 20.6. The van der Waals surface area contributed by atoms with Crippen molar-refractivity contribution in [2.24, 2.45) is 0 Å². The topological polar surface area (TPSA) is 68.5 Å². The summed E-state index contributed by atoms with van der Waals surface area (Å²) < 4.78 is 10.8. The average Bonchev–Trinajstić information content (AvgIpc) is 3.08. The minimum absolute atomic E-state index is 0.0693. The fourth-order valence-electron chi connectivity index (χ4n) is 3.36. The van der Waals surface area contributed by atoms with E-state index in [0.717, 1.165) is 46.1 Å². The van der Waals surface area contributed by atoms with Gasteiger partial charge in [0, 0.05) is 10.9 Å². The van der Waals surface area contributed by atoms with Gasteiger partial charge in [-0.05, 0) is 49.1 Å². The van der Waals surface area contributed by atoms with E-state index in [1.165, 1.54) is 0 Å². The summed E-state index contributed by atoms with van der Waals surface area (Å²) in [6, 6.07) is 13.7. The van der Waals surface area contributed by atoms with Crippen LogP contribution in [0.1, 0.15) is 48.1 Å². The van der Waals surface area contributed by atoms with Gasteiger partial charge in [-0.3, -0.25) is 9.59 Å². The number of benzene rings is 2. The number of carbonyl (C=O) groups excluding carboxylic acids is 2. The number of furan rings is 1. The van der Waals surface area contributed by atoms with Crippen LogP contribution in [0, 0.1) is 13.8 Å². The molecule has 1 N–H and O–H groups in total. The predicted molar refractivity (Wildman–Crippen MR) is 113 cm³/mol. The lowest BCUT2D eigenvalue weighted by molar-refractivity contribution is -0.148. The number of fused-ring (bicyclic) bond motifs is 1. The molecule has 3 rings (SSSR count). The molecule has 0 radical (unpaired) electrons. The average molecular weight is 393 g/mol. The summed E-state index contributed by atoms with van der Waals surface area (Å²) in [5, 5.41) is 3.86. The maximum Gasteiger partial charge on any atom is 0.310 e. The molecule has 1 amide bonds. The lowest BCUT2D eigenvalue weighted by Gasteiger charge is -2.18. The summed E-state index contributed by atoms with van der Waals surface area (Å²) in [5.74, 6) is -0.753. The minimum Gasteiger partial charge on any atom is -0.464 e. The normalized spacial score (nSPS) is 12.0. The minimum atomic E-state index is -0.451. The highest BCUT2D eigenvalue weighted by molar-refractivity contribution is 5.87. The second kappa shape index (κ2) is 9.41. The smallest absolute Gasteiger partial charge is 0.310 e. The Labute approximate surface area is 171 Å². The molecule has 1 aromatic heterocycles. The summed E-state index contributed by atoms with van der Waals surface area (Å²) in [7, 11) is 0. The molecule has 152 valence electrons. The number of esters is 1. The molecule has 2 aromatic carbocycles. The van der Waals surface area contributed by atoms with E-state index in [1.54, 1.807) is 6.26 Å². The predicted octanol–water partition coefficient (Wildman–Crippen LogP) is 4.79. The summed E-state index contributed by atoms with van der Waals surface area (Å²) in [6.45, 7) is 5.82. The van der Waals surface area contributed by atoms with Gasteiger partial charge < -0.3 is 14.5 Å². The summed E-state index contributed by atoms with van der Waals surface area (Å²) in [6.07, 6.45) is 3.41. The lowest BCUT2D eigenvalue weighted by atomic mass is 10.0. The first-order valence-corrected chi connectivity index (χ1v) is 9.95. The molecule has 3 aromatic rings. The Morgan fingerprint density at radius 2 is 1.83 bits per heavy atom. The van der Waals surface area contributed by atoms with Crippen LogP contribution in [0.2, 0.25) is 0 Å². The Kier molecular flexibility index (Phi) is 6.70. The van der Waals surface area contributed by atoms with Crippen LogP contribution in [-0.2, 0) is 20.7 Å². The zero-order valence-corrected chi connectivity index (χ0v) is 17.2. The third-order valence-electron chi connectivity index (χ3n) is 5.08. The van der Waals surface area contributed by atoms with Crippen LogP contribution >= 0.6 is 0 Å². The van der Waals surface area contributed by atoms with Gasteiger partial charge in [-0.25, -0.2) is 0 Å². The van der Waals surface area contributed by atoms with Crippen LogP contribution in [-0.4, -0.2) is 18.5 Å². The molecule has 1 atom stereocenters. The van der Waals surface area contributed by atoms with E-state index in [1.807, 2.05) is 56.3 Å². The van der Waals surface area contributed by atoms with Crippen LogP contribution < -0.4 is 5.32 Å². The van der Waals surface area contributed by atoms with Gasteiger partial charge in [-0.15, -0.1) is 0 Å². The van der Waals surface area contributed by atoms with E-state index in [0.29, 0.717) is 0 Å². The summed E-state index contributed by atoms with van der Waals surface area (Å²) >= 11 is 0. The maximum absolute atomic E-state index is 12.3. The zero-order chi connectivity index (χ0) is 20.8. The molecule has 0 aliphatic carbocycles. The van der Waals surface area contributed by atoms with Gasteiger partial charge in [0.2, 0.25) is 0 Å². The second-order valence-corrected chi connectivity index (χ2v) is 7.35. The van der Waals surface area contributed by atoms with Gasteiger partial charge >= 0.3 is 5.97 Å². The molecule has 0 saturated carbocycles. The Balaban J connectivity index is 1.56. The first-order valence-electron chi connectivity index (χ1n) is 9.95. The SMILES string of the molecule is CCC[C@H](NC(=O)COC(=O)Cc1coc2cc(C)c(C)cc12)c1ccccc1. The van der Waals surface area contributed by atoms with E-state index >= 15 is 0 Å². The first-order chi connectivity index (χ1) is 14.0. The highest BCUT2D eigenvalue weighted by Gasteiger charge is 2.17. The standard InChI is InChI=1S/C24H27NO4/c1-4-8-21(18-9-6-5-7-10-18)25-23(26)15-29-24(27)13-19-14-28-22-12-17(3)16(2)11-20(19)22/h5-7,9-12,14,21H,4,8,13,15H2,1-3H3,(H,25,26)/t21-/m0/s1. The van der Waals surface area contributed by atoms with Crippen molar-refractivity contribution in [2.75, 3.05) is 6.61 Å². The molecule has 5 heteroatoms. The lowest BCUT2D eigenvalue weighted by Crippen LogP contribution is -2.32. The largest absolute Gasteiger partial charge is 0.464 e. The molecule has 0 bridgehead atoms. The van der Waals surface area contributed by atoms with Crippen molar-refractivity contribution < 1.29 is 18.7 Å². The Morgan fingerprint density at radius 1 is 1.10 bits per heavy atom. The second-order valence-electron chi connectivity index (χ2n) is 7.35. The number of amides is 1. The number of hydrogen-bond donors (Lipinski definition) is 1. The van der Waals surface area contributed by atoms with E-state index in [-0.39, 0.29) is 25.0 Å². The number of rotatable bonds is 8. The third kappa shape index (κ3) is 5.25. The summed E-state index contributed by atoms with van der Waals surface area (Å²) in [4.78, 5) is 24.5. The van der Waals surface area contributed by atoms with Crippen molar-refractivity contribution in [3.63, 3.8) is 0 Å². The molecule has 29 heavy (non-hydrogen) atoms. The number of nitrogens with one attached hydrogen (secondary N) is 1. The van der Waals surface area contributed by atoms with Gasteiger partial charge in [0.15, 0.2) is 6.61 Å². The van der Waals surface area contributed by atoms with Gasteiger partial charge in [-0.2, -0.15) is 0 Å². The number of carbonyl (C=O) groups is 2. The monoisotopic (exact) mass is 393 g/mol. The van der Waals surface area contributed by atoms with Crippen LogP contribution in [0.25, 0.3) is 11.0 Å². The fraction of sp³-hybridized carbons (Fsp3) is 0.333. The Bertz CT molecular complexity index is 991. The van der Waals surface area contributed by atoms with Crippen molar-refractivity contribution in [2.45, 2.75) is 46.1 Å². The van der Waals surface area contributed by atoms with Gasteiger partial charge in [0.25, 0.3) is 5.91 Å². The Hall–Kier alpha value is -3.08. The van der Waals surface area contributed by atoms with Crippen LogP contribution in [0.5, 0.6) is 0 Å². The van der Waals surface area contributed by atoms with E-state index < -0.39 is 5.97 Å². The summed E-state index contributed by atoms with van der Waals surface area (Å²) in [5.41, 5.74) is 4.83. The maximum atomic E-state index is 12.3. The van der Waals surface area contributed by atoms with Crippen molar-refractivity contribution in [3.8, 4) is 0 Å². The molecule has 0 unspecified atom stereocenters. The molecular weight excluding hydrogens is 366 g/mol. The zero-order valence-electron chi connectivity index (χ0n) is 17.2. The Morgan fingerprint density at radius 3 is 2.55 bits per heavy atom. The highest BCUT2D eigenvalue weighted by Crippen LogP contribution is 2.25. The molecule has 0 spiro atoms. The van der Waals surface area contributed by atoms with E-state index in [4.69, 9.17) is 9.15 Å². The van der Waals surface area contributed by atoms with E-state index in [2.05, 4.69) is 12.2 Å². The molecule has 0 saturated heterocycles. The highest BCUT2D eigenvalue weighted by atomic mass is 16.5. The van der Waals surface area contributed by atoms with Crippen LogP contribution in [0.15, 0.2) is 53.1 Å². The van der Waals surface area contributed by atoms with Gasteiger partial charge in [0.1, 0.15) is 5.58 Å². The third-order valence-corrected chi connectivity index (χ3v) is 5.08. The van der Waals surface area contributed by atoms with Crippen molar-refractivity contribution in [3.05, 3.63) is 71.0 Å². The number of ether oxygens (including phenoxy) is 1. The van der Waals surface area contributed by atoms with Gasteiger partial charge in [0.05, 0.1) is 18.7 Å². The molecule has 0 aliphatic heterocycles. The van der Waals surface area contributed by atoms with Crippen molar-refractivity contribution in [1.29, 1.82) is 0 Å². The molecule has 0 aliphatic rings. The number of hydrogen-bond acceptors (Lipinski definition) is 4. The molecule has 0 fully saturated rings. The van der Waals surface area contributed by atoms with Gasteiger partial charge in [-0.1, -0.05) is 43.7 Å².